The summed E-state index contributed by atoms with van der Waals surface area (Å²) in [5, 5.41) is 11.6. The highest BCUT2D eigenvalue weighted by atomic mass is 79.9. The number of nitrogens with zero attached hydrogens (tertiary/aromatic N) is 1. The number of nitrogens with two attached hydrogens (primary N) is 1. The Morgan fingerprint density at radius 1 is 1.42 bits per heavy atom. The van der Waals surface area contributed by atoms with Crippen LogP contribution in [0.5, 0.6) is 0 Å². The molecule has 0 saturated heterocycles. The van der Waals surface area contributed by atoms with Gasteiger partial charge >= 0.3 is 0 Å². The highest BCUT2D eigenvalue weighted by Crippen LogP contribution is 2.21. The summed E-state index contributed by atoms with van der Waals surface area (Å²) in [6, 6.07) is 5.65. The van der Waals surface area contributed by atoms with Crippen LogP contribution in [0.25, 0.3) is 0 Å². The Morgan fingerprint density at radius 3 is 2.47 bits per heavy atom. The third-order valence-electron chi connectivity index (χ3n) is 2.51. The molecule has 0 aliphatic rings. The lowest BCUT2D eigenvalue weighted by Gasteiger charge is -2.21. The summed E-state index contributed by atoms with van der Waals surface area (Å²) >= 11 is 3.18. The van der Waals surface area contributed by atoms with Crippen LogP contribution >= 0.6 is 15.9 Å². The molecule has 8 heteroatoms. The maximum Gasteiger partial charge on any atom is 0.242 e. The predicted molar refractivity (Wildman–Crippen MR) is 76.5 cm³/mol. The Bertz CT molecular complexity index is 572. The van der Waals surface area contributed by atoms with E-state index in [9.17, 15) is 8.42 Å². The van der Waals surface area contributed by atoms with Crippen LogP contribution in [0.15, 0.2) is 38.8 Å². The number of rotatable bonds is 5. The predicted octanol–water partition coefficient (Wildman–Crippen LogP) is 1.50. The Hall–Kier alpha value is -1.12. The molecule has 1 aromatic carbocycles. The molecule has 19 heavy (non-hydrogen) atoms. The summed E-state index contributed by atoms with van der Waals surface area (Å²) in [4.78, 5) is 0.103. The first-order valence-corrected chi connectivity index (χ1v) is 7.81. The highest BCUT2D eigenvalue weighted by Gasteiger charge is 2.26. The van der Waals surface area contributed by atoms with Crippen LogP contribution in [-0.2, 0) is 10.0 Å². The van der Waals surface area contributed by atoms with Gasteiger partial charge < -0.3 is 10.9 Å². The van der Waals surface area contributed by atoms with Crippen molar-refractivity contribution in [2.24, 2.45) is 16.8 Å². The third kappa shape index (κ3) is 3.92. The largest absolute Gasteiger partial charge is 0.409 e. The van der Waals surface area contributed by atoms with Gasteiger partial charge in [0.05, 0.1) is 10.9 Å². The van der Waals surface area contributed by atoms with Gasteiger partial charge in [-0.15, -0.1) is 0 Å². The molecule has 106 valence electrons. The van der Waals surface area contributed by atoms with E-state index in [1.807, 2.05) is 0 Å². The average molecular weight is 350 g/mol. The van der Waals surface area contributed by atoms with Gasteiger partial charge in [0.1, 0.15) is 0 Å². The Morgan fingerprint density at radius 2 is 2.00 bits per heavy atom. The van der Waals surface area contributed by atoms with Crippen molar-refractivity contribution < 1.29 is 13.6 Å². The first-order chi connectivity index (χ1) is 8.79. The smallest absolute Gasteiger partial charge is 0.242 e. The van der Waals surface area contributed by atoms with Crippen molar-refractivity contribution in [1.29, 1.82) is 0 Å². The topological polar surface area (TPSA) is 105 Å². The number of hydrogen-bond acceptors (Lipinski definition) is 4. The van der Waals surface area contributed by atoms with E-state index >= 15 is 0 Å². The first-order valence-electron chi connectivity index (χ1n) is 5.54. The molecule has 0 spiro atoms. The summed E-state index contributed by atoms with van der Waals surface area (Å²) < 4.78 is 27.4. The Kier molecular flexibility index (Phi) is 5.33. The van der Waals surface area contributed by atoms with Crippen LogP contribution in [0.4, 0.5) is 0 Å². The van der Waals surface area contributed by atoms with E-state index in [2.05, 4.69) is 25.8 Å². The molecule has 0 aromatic heterocycles. The highest BCUT2D eigenvalue weighted by molar-refractivity contribution is 9.10. The van der Waals surface area contributed by atoms with Gasteiger partial charge in [0.2, 0.25) is 10.0 Å². The fourth-order valence-electron chi connectivity index (χ4n) is 1.49. The van der Waals surface area contributed by atoms with Crippen molar-refractivity contribution in [3.05, 3.63) is 28.7 Å². The summed E-state index contributed by atoms with van der Waals surface area (Å²) in [6.07, 6.45) is 0. The molecule has 1 rings (SSSR count). The SMILES string of the molecule is CC(C)C(NS(=O)(=O)c1ccccc1Br)C(N)=NO. The average Bonchev–Trinajstić information content (AvgIpc) is 2.35. The molecule has 4 N–H and O–H groups in total. The van der Waals surface area contributed by atoms with Crippen LogP contribution in [0.2, 0.25) is 0 Å². The van der Waals surface area contributed by atoms with E-state index in [1.54, 1.807) is 32.0 Å². The van der Waals surface area contributed by atoms with E-state index in [-0.39, 0.29) is 16.6 Å². The molecular formula is C11H16BrN3O3S. The molecule has 0 radical (unpaired) electrons. The molecule has 6 nitrogen and oxygen atoms in total. The lowest BCUT2D eigenvalue weighted by molar-refractivity contribution is 0.313. The molecule has 1 aromatic rings. The van der Waals surface area contributed by atoms with Crippen LogP contribution in [-0.4, -0.2) is 25.5 Å². The minimum absolute atomic E-state index is 0.103. The summed E-state index contributed by atoms with van der Waals surface area (Å²) in [5.74, 6) is -0.334. The molecular weight excluding hydrogens is 334 g/mol. The minimum atomic E-state index is -3.76. The monoisotopic (exact) mass is 349 g/mol. The molecule has 0 aliphatic heterocycles. The van der Waals surface area contributed by atoms with E-state index in [0.717, 1.165) is 0 Å². The van der Waals surface area contributed by atoms with E-state index in [1.165, 1.54) is 6.07 Å². The Labute approximate surface area is 120 Å². The lowest BCUT2D eigenvalue weighted by Crippen LogP contribution is -2.47. The molecule has 0 fully saturated rings. The van der Waals surface area contributed by atoms with E-state index in [0.29, 0.717) is 4.47 Å². The van der Waals surface area contributed by atoms with Gasteiger partial charge in [-0.1, -0.05) is 31.1 Å². The van der Waals surface area contributed by atoms with Crippen LogP contribution < -0.4 is 10.5 Å². The first kappa shape index (κ1) is 15.9. The number of hydrogen-bond donors (Lipinski definition) is 3. The third-order valence-corrected chi connectivity index (χ3v) is 4.96. The standard InChI is InChI=1S/C11H16BrN3O3S/c1-7(2)10(11(13)14-16)15-19(17,18)9-6-4-3-5-8(9)12/h3-7,10,15-16H,1-2H3,(H2,13,14). The van der Waals surface area contributed by atoms with Crippen LogP contribution in [0.3, 0.4) is 0 Å². The number of halogens is 1. The molecule has 0 saturated carbocycles. The van der Waals surface area contributed by atoms with Gasteiger partial charge in [0.25, 0.3) is 0 Å². The zero-order chi connectivity index (χ0) is 14.6. The second-order valence-corrected chi connectivity index (χ2v) is 6.84. The minimum Gasteiger partial charge on any atom is -0.409 e. The van der Waals surface area contributed by atoms with Crippen molar-refractivity contribution in [2.75, 3.05) is 0 Å². The van der Waals surface area contributed by atoms with Crippen molar-refractivity contribution in [1.82, 2.24) is 4.72 Å². The Balaban J connectivity index is 3.12. The van der Waals surface area contributed by atoms with Gasteiger partial charge in [-0.05, 0) is 34.0 Å². The van der Waals surface area contributed by atoms with Gasteiger partial charge in [-0.25, -0.2) is 13.1 Å². The van der Waals surface area contributed by atoms with Gasteiger partial charge in [0.15, 0.2) is 5.84 Å². The maximum atomic E-state index is 12.3. The molecule has 1 unspecified atom stereocenters. The van der Waals surface area contributed by atoms with Crippen molar-refractivity contribution >= 4 is 31.8 Å². The molecule has 0 amide bonds. The molecule has 1 atom stereocenters. The second-order valence-electron chi connectivity index (χ2n) is 4.30. The maximum absolute atomic E-state index is 12.3. The van der Waals surface area contributed by atoms with Crippen LogP contribution in [0, 0.1) is 5.92 Å². The quantitative estimate of drug-likeness (QED) is 0.324. The van der Waals surface area contributed by atoms with Gasteiger partial charge in [-0.2, -0.15) is 0 Å². The van der Waals surface area contributed by atoms with Gasteiger partial charge in [0, 0.05) is 4.47 Å². The normalized spacial score (nSPS) is 14.6. The summed E-state index contributed by atoms with van der Waals surface area (Å²) in [6.45, 7) is 3.54. The van der Waals surface area contributed by atoms with E-state index < -0.39 is 16.1 Å². The summed E-state index contributed by atoms with van der Waals surface area (Å²) in [7, 11) is -3.76. The molecule has 0 heterocycles. The lowest BCUT2D eigenvalue weighted by atomic mass is 10.1. The van der Waals surface area contributed by atoms with Crippen molar-refractivity contribution in [3.8, 4) is 0 Å². The molecule has 0 bridgehead atoms. The number of oxime groups is 1. The fourth-order valence-corrected chi connectivity index (χ4v) is 3.85. The summed E-state index contributed by atoms with van der Waals surface area (Å²) in [5.41, 5.74) is 5.50. The van der Waals surface area contributed by atoms with Crippen molar-refractivity contribution in [3.63, 3.8) is 0 Å². The van der Waals surface area contributed by atoms with Crippen LogP contribution in [0.1, 0.15) is 13.8 Å². The number of sulfonamides is 1. The zero-order valence-corrected chi connectivity index (χ0v) is 12.9. The molecule has 0 aliphatic carbocycles. The van der Waals surface area contributed by atoms with Crippen molar-refractivity contribution in [2.45, 2.75) is 24.8 Å². The zero-order valence-electron chi connectivity index (χ0n) is 10.5. The number of amidine groups is 1. The number of nitrogens with one attached hydrogen (secondary N) is 1. The van der Waals surface area contributed by atoms with E-state index in [4.69, 9.17) is 10.9 Å². The number of benzene rings is 1. The van der Waals surface area contributed by atoms with Gasteiger partial charge in [-0.3, -0.25) is 0 Å². The fraction of sp³-hybridized carbons (Fsp3) is 0.364. The second kappa shape index (κ2) is 6.36.